The third-order valence-electron chi connectivity index (χ3n) is 3.67. The second kappa shape index (κ2) is 8.06. The van der Waals surface area contributed by atoms with Crippen molar-refractivity contribution >= 4 is 17.7 Å². The molecule has 0 saturated carbocycles. The molecule has 0 heterocycles. The van der Waals surface area contributed by atoms with Crippen molar-refractivity contribution in [2.24, 2.45) is 0 Å². The fourth-order valence-electron chi connectivity index (χ4n) is 2.49. The van der Waals surface area contributed by atoms with E-state index in [9.17, 15) is 4.79 Å². The Morgan fingerprint density at radius 1 is 1.22 bits per heavy atom. The molecule has 1 atom stereocenters. The Morgan fingerprint density at radius 3 is 2.65 bits per heavy atom. The van der Waals surface area contributed by atoms with Crippen molar-refractivity contribution in [2.75, 3.05) is 12.9 Å². The van der Waals surface area contributed by atoms with Crippen molar-refractivity contribution in [1.82, 2.24) is 5.32 Å². The highest BCUT2D eigenvalue weighted by molar-refractivity contribution is 8.00. The average Bonchev–Trinajstić information content (AvgIpc) is 2.54. The number of para-hydroxylation sites is 1. The van der Waals surface area contributed by atoms with Crippen LogP contribution in [0.2, 0.25) is 0 Å². The van der Waals surface area contributed by atoms with Crippen LogP contribution >= 0.6 is 11.8 Å². The highest BCUT2D eigenvalue weighted by Crippen LogP contribution is 2.26. The molecule has 0 bridgehead atoms. The summed E-state index contributed by atoms with van der Waals surface area (Å²) in [6, 6.07) is 14.0. The Hall–Kier alpha value is -1.94. The highest BCUT2D eigenvalue weighted by Gasteiger charge is 2.14. The fraction of sp³-hybridized carbons (Fsp3) is 0.316. The van der Waals surface area contributed by atoms with Crippen LogP contribution in [0.4, 0.5) is 0 Å². The van der Waals surface area contributed by atoms with E-state index in [1.807, 2.05) is 31.2 Å². The summed E-state index contributed by atoms with van der Waals surface area (Å²) in [7, 11) is 1.64. The Labute approximate surface area is 142 Å². The Morgan fingerprint density at radius 2 is 1.96 bits per heavy atom. The van der Waals surface area contributed by atoms with Gasteiger partial charge >= 0.3 is 0 Å². The molecule has 0 aliphatic carbocycles. The predicted molar refractivity (Wildman–Crippen MR) is 96.2 cm³/mol. The number of benzene rings is 2. The van der Waals surface area contributed by atoms with E-state index in [1.165, 1.54) is 11.1 Å². The number of thioether (sulfide) groups is 1. The Balaban J connectivity index is 1.94. The zero-order valence-electron chi connectivity index (χ0n) is 14.1. The normalized spacial score (nSPS) is 11.8. The van der Waals surface area contributed by atoms with Crippen molar-refractivity contribution in [2.45, 2.75) is 31.7 Å². The molecule has 23 heavy (non-hydrogen) atoms. The lowest BCUT2D eigenvalue weighted by Crippen LogP contribution is -2.28. The summed E-state index contributed by atoms with van der Waals surface area (Å²) in [4.78, 5) is 13.4. The number of carbonyl (C=O) groups is 1. The monoisotopic (exact) mass is 329 g/mol. The lowest BCUT2D eigenvalue weighted by Gasteiger charge is -2.17. The number of hydrogen-bond donors (Lipinski definition) is 1. The molecule has 1 N–H and O–H groups in total. The molecule has 0 spiro atoms. The molecular weight excluding hydrogens is 306 g/mol. The number of amides is 1. The van der Waals surface area contributed by atoms with E-state index in [0.29, 0.717) is 5.75 Å². The Bertz CT molecular complexity index is 685. The number of ether oxygens (including phenoxy) is 1. The first-order valence-corrected chi connectivity index (χ1v) is 8.62. The van der Waals surface area contributed by atoms with E-state index < -0.39 is 0 Å². The highest BCUT2D eigenvalue weighted by atomic mass is 32.2. The summed E-state index contributed by atoms with van der Waals surface area (Å²) < 4.78 is 5.35. The lowest BCUT2D eigenvalue weighted by molar-refractivity contribution is -0.119. The van der Waals surface area contributed by atoms with Crippen molar-refractivity contribution in [3.63, 3.8) is 0 Å². The molecule has 2 rings (SSSR count). The molecular formula is C19H23NO2S. The largest absolute Gasteiger partial charge is 0.496 e. The van der Waals surface area contributed by atoms with E-state index in [1.54, 1.807) is 18.9 Å². The molecule has 0 aliphatic rings. The first-order valence-electron chi connectivity index (χ1n) is 7.63. The van der Waals surface area contributed by atoms with Crippen LogP contribution in [0, 0.1) is 13.8 Å². The third kappa shape index (κ3) is 4.76. The van der Waals surface area contributed by atoms with E-state index in [-0.39, 0.29) is 11.9 Å². The minimum atomic E-state index is -0.0848. The van der Waals surface area contributed by atoms with Gasteiger partial charge in [-0.05, 0) is 38.5 Å². The number of carbonyl (C=O) groups excluding carboxylic acids is 1. The molecule has 1 amide bonds. The number of rotatable bonds is 6. The average molecular weight is 329 g/mol. The molecule has 3 nitrogen and oxygen atoms in total. The van der Waals surface area contributed by atoms with E-state index in [0.717, 1.165) is 16.2 Å². The van der Waals surface area contributed by atoms with Gasteiger partial charge in [-0.2, -0.15) is 0 Å². The van der Waals surface area contributed by atoms with Gasteiger partial charge in [0.05, 0.1) is 18.9 Å². The van der Waals surface area contributed by atoms with Crippen LogP contribution in [0.25, 0.3) is 0 Å². The third-order valence-corrected chi connectivity index (χ3v) is 4.85. The molecule has 1 unspecified atom stereocenters. The topological polar surface area (TPSA) is 38.3 Å². The van der Waals surface area contributed by atoms with Gasteiger partial charge in [0, 0.05) is 10.5 Å². The van der Waals surface area contributed by atoms with Gasteiger partial charge < -0.3 is 10.1 Å². The van der Waals surface area contributed by atoms with Crippen LogP contribution in [0.1, 0.15) is 29.7 Å². The van der Waals surface area contributed by atoms with Crippen LogP contribution in [0.5, 0.6) is 5.75 Å². The fourth-order valence-corrected chi connectivity index (χ4v) is 3.31. The van der Waals surface area contributed by atoms with Gasteiger partial charge in [0.15, 0.2) is 0 Å². The van der Waals surface area contributed by atoms with Gasteiger partial charge in [-0.1, -0.05) is 35.9 Å². The molecule has 2 aromatic carbocycles. The maximum absolute atomic E-state index is 12.2. The van der Waals surface area contributed by atoms with Gasteiger partial charge in [-0.25, -0.2) is 0 Å². The van der Waals surface area contributed by atoms with Crippen molar-refractivity contribution in [1.29, 1.82) is 0 Å². The second-order valence-corrected chi connectivity index (χ2v) is 6.61. The number of aryl methyl sites for hydroxylation is 2. The van der Waals surface area contributed by atoms with Gasteiger partial charge in [-0.3, -0.25) is 4.79 Å². The van der Waals surface area contributed by atoms with E-state index >= 15 is 0 Å². The van der Waals surface area contributed by atoms with Crippen molar-refractivity contribution in [3.05, 3.63) is 59.2 Å². The first-order chi connectivity index (χ1) is 11.0. The van der Waals surface area contributed by atoms with Gasteiger partial charge in [0.1, 0.15) is 5.75 Å². The molecule has 0 aliphatic heterocycles. The van der Waals surface area contributed by atoms with Gasteiger partial charge in [0.25, 0.3) is 0 Å². The maximum atomic E-state index is 12.2. The number of methoxy groups -OCH3 is 1. The summed E-state index contributed by atoms with van der Waals surface area (Å²) in [5.41, 5.74) is 3.43. The van der Waals surface area contributed by atoms with Crippen LogP contribution in [-0.4, -0.2) is 18.8 Å². The minimum Gasteiger partial charge on any atom is -0.496 e. The lowest BCUT2D eigenvalue weighted by atomic mass is 10.1. The molecule has 0 fully saturated rings. The quantitative estimate of drug-likeness (QED) is 0.804. The standard InChI is InChI=1S/C19H23NO2S/c1-13-9-10-18(14(2)11-13)23-12-19(21)20-15(3)16-7-5-6-8-17(16)22-4/h5-11,15H,12H2,1-4H3,(H,20,21). The van der Waals surface area contributed by atoms with Crippen LogP contribution in [-0.2, 0) is 4.79 Å². The summed E-state index contributed by atoms with van der Waals surface area (Å²) in [5.74, 6) is 1.22. The van der Waals surface area contributed by atoms with Crippen molar-refractivity contribution in [3.8, 4) is 5.75 Å². The summed E-state index contributed by atoms with van der Waals surface area (Å²) in [6.45, 7) is 6.12. The molecule has 122 valence electrons. The number of nitrogens with one attached hydrogen (secondary N) is 1. The van der Waals surface area contributed by atoms with Gasteiger partial charge in [-0.15, -0.1) is 11.8 Å². The first kappa shape index (κ1) is 17.4. The molecule has 2 aromatic rings. The SMILES string of the molecule is COc1ccccc1C(C)NC(=O)CSc1ccc(C)cc1C. The Kier molecular flexibility index (Phi) is 6.11. The maximum Gasteiger partial charge on any atom is 0.230 e. The van der Waals surface area contributed by atoms with Crippen LogP contribution in [0.3, 0.4) is 0 Å². The summed E-state index contributed by atoms with van der Waals surface area (Å²) in [6.07, 6.45) is 0. The number of hydrogen-bond acceptors (Lipinski definition) is 3. The summed E-state index contributed by atoms with van der Waals surface area (Å²) in [5, 5.41) is 3.03. The minimum absolute atomic E-state index is 0.0216. The zero-order chi connectivity index (χ0) is 16.8. The van der Waals surface area contributed by atoms with Crippen LogP contribution in [0.15, 0.2) is 47.4 Å². The van der Waals surface area contributed by atoms with Crippen molar-refractivity contribution < 1.29 is 9.53 Å². The molecule has 4 heteroatoms. The zero-order valence-corrected chi connectivity index (χ0v) is 14.9. The molecule has 0 radical (unpaired) electrons. The summed E-state index contributed by atoms with van der Waals surface area (Å²) >= 11 is 1.57. The van der Waals surface area contributed by atoms with E-state index in [2.05, 4.69) is 37.4 Å². The molecule has 0 aromatic heterocycles. The smallest absolute Gasteiger partial charge is 0.230 e. The second-order valence-electron chi connectivity index (χ2n) is 5.59. The van der Waals surface area contributed by atoms with Gasteiger partial charge in [0.2, 0.25) is 5.91 Å². The molecule has 0 saturated heterocycles. The predicted octanol–water partition coefficient (Wildman–Crippen LogP) is 4.28. The van der Waals surface area contributed by atoms with E-state index in [4.69, 9.17) is 4.74 Å². The van der Waals surface area contributed by atoms with Crippen LogP contribution < -0.4 is 10.1 Å².